The van der Waals surface area contributed by atoms with E-state index in [1.165, 1.54) is 27.6 Å². The second-order valence-corrected chi connectivity index (χ2v) is 9.82. The predicted molar refractivity (Wildman–Crippen MR) is 138 cm³/mol. The average Bonchev–Trinajstić information content (AvgIpc) is 2.79. The molecule has 0 aromatic heterocycles. The minimum Gasteiger partial charge on any atom is -0.507 e. The van der Waals surface area contributed by atoms with Crippen molar-refractivity contribution in [2.75, 3.05) is 14.1 Å². The fourth-order valence-electron chi connectivity index (χ4n) is 4.01. The molecular weight excluding hydrogens is 409 g/mol. The van der Waals surface area contributed by atoms with Crippen LogP contribution in [0.1, 0.15) is 27.8 Å². The number of phenolic OH excluding ortho intramolecular Hbond substituents is 1. The van der Waals surface area contributed by atoms with Crippen molar-refractivity contribution in [1.82, 2.24) is 4.90 Å². The Hall–Kier alpha value is -2.93. The summed E-state index contributed by atoms with van der Waals surface area (Å²) >= 11 is 0. The summed E-state index contributed by atoms with van der Waals surface area (Å²) in [6.45, 7) is 0.893. The van der Waals surface area contributed by atoms with E-state index in [1.54, 1.807) is 0 Å². The van der Waals surface area contributed by atoms with E-state index in [1.807, 2.05) is 6.07 Å². The topological polar surface area (TPSA) is 23.5 Å². The molecule has 1 atom stereocenters. The average molecular weight is 440 g/mol. The van der Waals surface area contributed by atoms with Crippen molar-refractivity contribution in [2.45, 2.75) is 19.4 Å². The normalized spacial score (nSPS) is 11.5. The predicted octanol–water partition coefficient (Wildman–Crippen LogP) is 5.26. The second kappa shape index (κ2) is 10.6. The van der Waals surface area contributed by atoms with Crippen LogP contribution in [0.2, 0.25) is 0 Å². The fraction of sp³-hybridized carbons (Fsp3) is 0.172. The number of rotatable bonds is 8. The summed E-state index contributed by atoms with van der Waals surface area (Å²) in [7, 11) is 4.60. The lowest BCUT2D eigenvalue weighted by molar-refractivity contribution is 0.403. The third-order valence-electron chi connectivity index (χ3n) is 5.51. The third kappa shape index (κ3) is 5.85. The number of phenols is 1. The van der Waals surface area contributed by atoms with Crippen LogP contribution in [-0.4, -0.2) is 24.1 Å². The summed E-state index contributed by atoms with van der Waals surface area (Å²) in [5, 5.41) is 13.6. The molecule has 3 heteroatoms. The molecule has 0 aliphatic rings. The van der Waals surface area contributed by atoms with Crippen LogP contribution in [0.3, 0.4) is 0 Å². The molecular formula is C29H30NOP. The van der Waals surface area contributed by atoms with E-state index in [0.717, 1.165) is 30.3 Å². The highest BCUT2D eigenvalue weighted by atomic mass is 31.1. The van der Waals surface area contributed by atoms with E-state index in [2.05, 4.69) is 110 Å². The zero-order valence-corrected chi connectivity index (χ0v) is 19.8. The Labute approximate surface area is 193 Å². The maximum atomic E-state index is 11.3. The van der Waals surface area contributed by atoms with Gasteiger partial charge in [0.25, 0.3) is 0 Å². The number of hydrogen-bond donors (Lipinski definition) is 1. The first-order valence-corrected chi connectivity index (χ1v) is 12.0. The highest BCUT2D eigenvalue weighted by Crippen LogP contribution is 2.28. The molecule has 32 heavy (non-hydrogen) atoms. The second-order valence-electron chi connectivity index (χ2n) is 8.50. The van der Waals surface area contributed by atoms with Crippen LogP contribution in [0, 0.1) is 0 Å². The molecule has 0 spiro atoms. The summed E-state index contributed by atoms with van der Waals surface area (Å²) in [6.07, 6.45) is 1.59. The lowest BCUT2D eigenvalue weighted by Crippen LogP contribution is -2.18. The maximum Gasteiger partial charge on any atom is 0.126 e. The molecule has 4 rings (SSSR count). The SMILES string of the molecule is CN(C)Cc1ccccc1Pc1cc(Cc2ccccc2)cc(Cc2ccccc2)c1O. The molecule has 0 saturated carbocycles. The standard InChI is InChI=1S/C29H30NOP/c1-30(2)21-25-15-9-10-16-27(25)32-28-20-24(17-22-11-5-3-6-12-22)19-26(29(28)31)18-23-13-7-4-8-14-23/h3-16,19-20,31-32H,17-18,21H2,1-2H3. The molecule has 0 heterocycles. The number of aromatic hydroxyl groups is 1. The first-order valence-electron chi connectivity index (χ1n) is 11.0. The van der Waals surface area contributed by atoms with Gasteiger partial charge in [-0.15, -0.1) is 0 Å². The highest BCUT2D eigenvalue weighted by Gasteiger charge is 2.14. The smallest absolute Gasteiger partial charge is 0.126 e. The summed E-state index contributed by atoms with van der Waals surface area (Å²) < 4.78 is 0. The van der Waals surface area contributed by atoms with Crippen molar-refractivity contribution >= 4 is 19.2 Å². The van der Waals surface area contributed by atoms with Crippen molar-refractivity contribution in [1.29, 1.82) is 0 Å². The minimum atomic E-state index is 0.411. The summed E-state index contributed by atoms with van der Waals surface area (Å²) in [5.74, 6) is 0.434. The van der Waals surface area contributed by atoms with Crippen molar-refractivity contribution in [2.24, 2.45) is 0 Å². The molecule has 0 aliphatic carbocycles. The van der Waals surface area contributed by atoms with Crippen LogP contribution < -0.4 is 10.6 Å². The first kappa shape index (κ1) is 22.3. The van der Waals surface area contributed by atoms with Crippen molar-refractivity contribution in [3.63, 3.8) is 0 Å². The fourth-order valence-corrected chi connectivity index (χ4v) is 5.34. The van der Waals surface area contributed by atoms with E-state index in [0.29, 0.717) is 14.3 Å². The van der Waals surface area contributed by atoms with Gasteiger partial charge >= 0.3 is 0 Å². The Morgan fingerprint density at radius 1 is 0.625 bits per heavy atom. The molecule has 0 amide bonds. The van der Waals surface area contributed by atoms with Crippen LogP contribution in [-0.2, 0) is 19.4 Å². The molecule has 4 aromatic rings. The first-order chi connectivity index (χ1) is 15.6. The van der Waals surface area contributed by atoms with E-state index in [4.69, 9.17) is 0 Å². The summed E-state index contributed by atoms with van der Waals surface area (Å²) in [4.78, 5) is 2.19. The van der Waals surface area contributed by atoms with Gasteiger partial charge in [0.2, 0.25) is 0 Å². The Morgan fingerprint density at radius 3 is 1.88 bits per heavy atom. The summed E-state index contributed by atoms with van der Waals surface area (Å²) in [5.41, 5.74) is 6.05. The zero-order valence-electron chi connectivity index (χ0n) is 18.8. The largest absolute Gasteiger partial charge is 0.507 e. The Balaban J connectivity index is 1.72. The molecule has 0 bridgehead atoms. The van der Waals surface area contributed by atoms with Crippen LogP contribution in [0.5, 0.6) is 5.75 Å². The number of benzene rings is 4. The lowest BCUT2D eigenvalue weighted by atomic mass is 9.98. The van der Waals surface area contributed by atoms with Gasteiger partial charge in [-0.25, -0.2) is 0 Å². The van der Waals surface area contributed by atoms with Crippen molar-refractivity contribution < 1.29 is 5.11 Å². The molecule has 4 aromatic carbocycles. The minimum absolute atomic E-state index is 0.411. The molecule has 0 radical (unpaired) electrons. The van der Waals surface area contributed by atoms with E-state index >= 15 is 0 Å². The van der Waals surface area contributed by atoms with Gasteiger partial charge < -0.3 is 10.0 Å². The third-order valence-corrected chi connectivity index (χ3v) is 6.92. The highest BCUT2D eigenvalue weighted by molar-refractivity contribution is 7.55. The molecule has 2 nitrogen and oxygen atoms in total. The zero-order chi connectivity index (χ0) is 22.3. The van der Waals surface area contributed by atoms with Gasteiger partial charge in [-0.2, -0.15) is 0 Å². The van der Waals surface area contributed by atoms with Gasteiger partial charge in [-0.05, 0) is 59.7 Å². The van der Waals surface area contributed by atoms with Gasteiger partial charge in [-0.3, -0.25) is 0 Å². The van der Waals surface area contributed by atoms with Gasteiger partial charge in [0, 0.05) is 18.3 Å². The Kier molecular flexibility index (Phi) is 7.37. The molecule has 162 valence electrons. The Morgan fingerprint density at radius 2 is 1.22 bits per heavy atom. The van der Waals surface area contributed by atoms with Crippen LogP contribution >= 0.6 is 8.58 Å². The van der Waals surface area contributed by atoms with E-state index < -0.39 is 0 Å². The quantitative estimate of drug-likeness (QED) is 0.379. The molecule has 1 unspecified atom stereocenters. The van der Waals surface area contributed by atoms with Gasteiger partial charge in [-0.1, -0.05) is 99.6 Å². The van der Waals surface area contributed by atoms with E-state index in [-0.39, 0.29) is 0 Å². The maximum absolute atomic E-state index is 11.3. The van der Waals surface area contributed by atoms with Crippen molar-refractivity contribution in [3.05, 3.63) is 125 Å². The van der Waals surface area contributed by atoms with Crippen molar-refractivity contribution in [3.8, 4) is 5.75 Å². The van der Waals surface area contributed by atoms with Crippen LogP contribution in [0.15, 0.2) is 97.1 Å². The monoisotopic (exact) mass is 439 g/mol. The van der Waals surface area contributed by atoms with Gasteiger partial charge in [0.05, 0.1) is 0 Å². The van der Waals surface area contributed by atoms with E-state index in [9.17, 15) is 5.11 Å². The van der Waals surface area contributed by atoms with Crippen LogP contribution in [0.4, 0.5) is 0 Å². The number of nitrogens with zero attached hydrogens (tertiary/aromatic N) is 1. The number of hydrogen-bond acceptors (Lipinski definition) is 2. The van der Waals surface area contributed by atoms with Gasteiger partial charge in [0.1, 0.15) is 5.75 Å². The molecule has 1 N–H and O–H groups in total. The van der Waals surface area contributed by atoms with Gasteiger partial charge in [0.15, 0.2) is 0 Å². The lowest BCUT2D eigenvalue weighted by Gasteiger charge is -2.17. The molecule has 0 saturated heterocycles. The summed E-state index contributed by atoms with van der Waals surface area (Å²) in [6, 6.07) is 33.9. The molecule has 0 fully saturated rings. The van der Waals surface area contributed by atoms with Crippen LogP contribution in [0.25, 0.3) is 0 Å². The Bertz CT molecular complexity index is 1160. The molecule has 0 aliphatic heterocycles.